The zero-order valence-corrected chi connectivity index (χ0v) is 19.4. The minimum Gasteiger partial charge on any atom is -0.342 e. The molecule has 1 aliphatic heterocycles. The number of aromatic nitrogens is 1. The van der Waals surface area contributed by atoms with Gasteiger partial charge in [-0.1, -0.05) is 15.9 Å². The van der Waals surface area contributed by atoms with E-state index in [-0.39, 0.29) is 17.1 Å². The molecule has 2 heterocycles. The molecule has 1 fully saturated rings. The number of alkyl halides is 2. The van der Waals surface area contributed by atoms with Crippen molar-refractivity contribution >= 4 is 49.1 Å². The van der Waals surface area contributed by atoms with Crippen LogP contribution in [0.4, 0.5) is 8.78 Å². The van der Waals surface area contributed by atoms with Crippen LogP contribution < -0.4 is 10.0 Å². The van der Waals surface area contributed by atoms with Crippen LogP contribution in [-0.4, -0.2) is 55.2 Å². The van der Waals surface area contributed by atoms with E-state index in [1.54, 1.807) is 18.2 Å². The van der Waals surface area contributed by atoms with Gasteiger partial charge in [-0.25, -0.2) is 26.9 Å². The van der Waals surface area contributed by atoms with E-state index < -0.39 is 53.3 Å². The Hall–Kier alpha value is -2.47. The predicted molar refractivity (Wildman–Crippen MR) is 113 cm³/mol. The fraction of sp³-hybridized carbons (Fsp3) is 0.333. The molecule has 0 unspecified atom stereocenters. The van der Waals surface area contributed by atoms with Crippen LogP contribution in [0.5, 0.6) is 0 Å². The second-order valence-corrected chi connectivity index (χ2v) is 10.4. The molecule has 2 N–H and O–H groups in total. The lowest BCUT2D eigenvalue weighted by Crippen LogP contribution is -2.43. The Morgan fingerprint density at radius 1 is 1.34 bits per heavy atom. The summed E-state index contributed by atoms with van der Waals surface area (Å²) in [5.74, 6) is -4.68. The largest absolute Gasteiger partial charge is 0.342 e. The van der Waals surface area contributed by atoms with Crippen molar-refractivity contribution in [1.29, 1.82) is 5.26 Å². The van der Waals surface area contributed by atoms with Crippen LogP contribution in [0, 0.1) is 11.3 Å². The number of nitrogens with one attached hydrogen (secondary N) is 2. The molecule has 2 aromatic rings. The number of rotatable bonds is 7. The molecular weight excluding hydrogens is 532 g/mol. The van der Waals surface area contributed by atoms with Crippen LogP contribution in [-0.2, 0) is 21.4 Å². The van der Waals surface area contributed by atoms with Crippen molar-refractivity contribution in [2.45, 2.75) is 29.8 Å². The lowest BCUT2D eigenvalue weighted by Gasteiger charge is -2.19. The first kappa shape index (κ1) is 24.2. The fourth-order valence-electron chi connectivity index (χ4n) is 2.89. The molecule has 1 saturated heterocycles. The van der Waals surface area contributed by atoms with E-state index in [0.717, 1.165) is 20.7 Å². The highest BCUT2D eigenvalue weighted by molar-refractivity contribution is 9.10. The van der Waals surface area contributed by atoms with E-state index in [0.29, 0.717) is 5.01 Å². The number of nitrogens with zero attached hydrogens (tertiary/aromatic N) is 3. The van der Waals surface area contributed by atoms with Crippen LogP contribution in [0.2, 0.25) is 0 Å². The van der Waals surface area contributed by atoms with E-state index in [9.17, 15) is 26.8 Å². The summed E-state index contributed by atoms with van der Waals surface area (Å²) in [7, 11) is -3.78. The second-order valence-electron chi connectivity index (χ2n) is 6.81. The summed E-state index contributed by atoms with van der Waals surface area (Å²) in [6, 6.07) is 6.44. The van der Waals surface area contributed by atoms with Crippen LogP contribution in [0.1, 0.15) is 21.9 Å². The van der Waals surface area contributed by atoms with Crippen molar-refractivity contribution in [3.63, 3.8) is 0 Å². The summed E-state index contributed by atoms with van der Waals surface area (Å²) in [4.78, 5) is 29.2. The van der Waals surface area contributed by atoms with Crippen LogP contribution in [0.3, 0.4) is 0 Å². The minimum absolute atomic E-state index is 0.0516. The normalized spacial score (nSPS) is 17.7. The highest BCUT2D eigenvalue weighted by atomic mass is 79.9. The average Bonchev–Trinajstić information content (AvgIpc) is 3.34. The average molecular weight is 548 g/mol. The maximum atomic E-state index is 13.4. The maximum absolute atomic E-state index is 13.4. The Kier molecular flexibility index (Phi) is 7.23. The monoisotopic (exact) mass is 547 g/mol. The topological polar surface area (TPSA) is 132 Å². The third-order valence-electron chi connectivity index (χ3n) is 4.46. The van der Waals surface area contributed by atoms with Crippen molar-refractivity contribution in [3.05, 3.63) is 44.8 Å². The van der Waals surface area contributed by atoms with Crippen molar-refractivity contribution in [2.24, 2.45) is 0 Å². The number of sulfonamides is 1. The fourth-order valence-corrected chi connectivity index (χ4v) is 4.95. The van der Waals surface area contributed by atoms with Gasteiger partial charge in [0.25, 0.3) is 11.8 Å². The van der Waals surface area contributed by atoms with Gasteiger partial charge in [-0.2, -0.15) is 5.26 Å². The standard InChI is InChI=1S/C18H16BrF2N5O4S2/c19-11-1-3-13(4-2-11)32(29,30)24-7-15-25-14(9-31-15)17(28)23-8-16(27)26-10-18(20,21)5-12(26)6-22/h1-4,9,12,24H,5,7-8,10H2,(H,23,28)/t12-/m0/s1. The summed E-state index contributed by atoms with van der Waals surface area (Å²) in [5.41, 5.74) is -0.0516. The lowest BCUT2D eigenvalue weighted by atomic mass is 10.2. The number of carbonyl (C=O) groups is 2. The number of likely N-dealkylation sites (tertiary alicyclic amines) is 1. The van der Waals surface area contributed by atoms with Crippen molar-refractivity contribution < 1.29 is 26.8 Å². The molecule has 3 rings (SSSR count). The zero-order valence-electron chi connectivity index (χ0n) is 16.2. The van der Waals surface area contributed by atoms with Gasteiger partial charge < -0.3 is 10.2 Å². The van der Waals surface area contributed by atoms with Crippen molar-refractivity contribution in [2.75, 3.05) is 13.1 Å². The van der Waals surface area contributed by atoms with Gasteiger partial charge in [0.05, 0.1) is 30.6 Å². The van der Waals surface area contributed by atoms with E-state index >= 15 is 0 Å². The molecule has 1 aliphatic rings. The van der Waals surface area contributed by atoms with Crippen LogP contribution in [0.25, 0.3) is 0 Å². The van der Waals surface area contributed by atoms with Crippen molar-refractivity contribution in [1.82, 2.24) is 19.9 Å². The number of nitriles is 1. The molecule has 0 radical (unpaired) electrons. The predicted octanol–water partition coefficient (Wildman–Crippen LogP) is 1.87. The molecular formula is C18H16BrF2N5O4S2. The molecule has 0 bridgehead atoms. The van der Waals surface area contributed by atoms with Crippen LogP contribution in [0.15, 0.2) is 39.0 Å². The maximum Gasteiger partial charge on any atom is 0.271 e. The molecule has 32 heavy (non-hydrogen) atoms. The lowest BCUT2D eigenvalue weighted by molar-refractivity contribution is -0.131. The summed E-state index contributed by atoms with van der Waals surface area (Å²) >= 11 is 4.26. The van der Waals surface area contributed by atoms with E-state index in [1.165, 1.54) is 17.5 Å². The second kappa shape index (κ2) is 9.57. The van der Waals surface area contributed by atoms with Gasteiger partial charge in [0.2, 0.25) is 15.9 Å². The Morgan fingerprint density at radius 2 is 2.03 bits per heavy atom. The first-order chi connectivity index (χ1) is 15.0. The van der Waals surface area contributed by atoms with E-state index in [2.05, 4.69) is 31.0 Å². The molecule has 14 heteroatoms. The third-order valence-corrected chi connectivity index (χ3v) is 7.26. The van der Waals surface area contributed by atoms with E-state index in [1.807, 2.05) is 0 Å². The number of halogens is 3. The number of hydrogen-bond donors (Lipinski definition) is 2. The molecule has 1 atom stereocenters. The van der Waals surface area contributed by atoms with Gasteiger partial charge in [-0.15, -0.1) is 11.3 Å². The molecule has 0 saturated carbocycles. The summed E-state index contributed by atoms with van der Waals surface area (Å²) in [5, 5.41) is 12.9. The van der Waals surface area contributed by atoms with E-state index in [4.69, 9.17) is 5.26 Å². The van der Waals surface area contributed by atoms with Crippen molar-refractivity contribution in [3.8, 4) is 6.07 Å². The first-order valence-electron chi connectivity index (χ1n) is 9.05. The molecule has 1 aromatic heterocycles. The molecule has 0 spiro atoms. The Labute approximate surface area is 194 Å². The number of thiazole rings is 1. The first-order valence-corrected chi connectivity index (χ1v) is 12.2. The molecule has 9 nitrogen and oxygen atoms in total. The van der Waals surface area contributed by atoms with Gasteiger partial charge in [0.15, 0.2) is 0 Å². The smallest absolute Gasteiger partial charge is 0.271 e. The molecule has 2 amide bonds. The number of amides is 2. The Balaban J connectivity index is 1.54. The quantitative estimate of drug-likeness (QED) is 0.543. The summed E-state index contributed by atoms with van der Waals surface area (Å²) < 4.78 is 54.6. The summed E-state index contributed by atoms with van der Waals surface area (Å²) in [6.07, 6.45) is -0.741. The van der Waals surface area contributed by atoms with Gasteiger partial charge in [0.1, 0.15) is 16.7 Å². The highest BCUT2D eigenvalue weighted by Crippen LogP contribution is 2.31. The number of hydrogen-bond acceptors (Lipinski definition) is 7. The Morgan fingerprint density at radius 3 is 2.69 bits per heavy atom. The zero-order chi connectivity index (χ0) is 23.5. The molecule has 170 valence electrons. The van der Waals surface area contributed by atoms with Gasteiger partial charge in [-0.3, -0.25) is 9.59 Å². The van der Waals surface area contributed by atoms with Gasteiger partial charge in [0, 0.05) is 16.3 Å². The van der Waals surface area contributed by atoms with Gasteiger partial charge in [-0.05, 0) is 24.3 Å². The SMILES string of the molecule is N#C[C@@H]1CC(F)(F)CN1C(=O)CNC(=O)c1csc(CNS(=O)(=O)c2ccc(Br)cc2)n1. The Bertz CT molecular complexity index is 1160. The minimum atomic E-state index is -3.78. The van der Waals surface area contributed by atoms with Crippen LogP contribution >= 0.6 is 27.3 Å². The third kappa shape index (κ3) is 5.85. The molecule has 1 aromatic carbocycles. The molecule has 0 aliphatic carbocycles. The highest BCUT2D eigenvalue weighted by Gasteiger charge is 2.47. The van der Waals surface area contributed by atoms with Gasteiger partial charge >= 0.3 is 0 Å². The summed E-state index contributed by atoms with van der Waals surface area (Å²) in [6.45, 7) is -1.60. The number of benzene rings is 1. The number of carbonyl (C=O) groups excluding carboxylic acids is 2.